The summed E-state index contributed by atoms with van der Waals surface area (Å²) in [6, 6.07) is 0. The molecule has 0 aliphatic rings. The fraction of sp³-hybridized carbons (Fsp3) is 0.429. The Hall–Kier alpha value is -1.12. The highest BCUT2D eigenvalue weighted by atomic mass is 16.5. The summed E-state index contributed by atoms with van der Waals surface area (Å²) in [5, 5.41) is 0. The van der Waals surface area contributed by atoms with Gasteiger partial charge in [-0.25, -0.2) is 0 Å². The highest BCUT2D eigenvalue weighted by molar-refractivity contribution is 5.82. The molecular formula is C7H10O3. The average molecular weight is 142 g/mol. The van der Waals surface area contributed by atoms with Crippen molar-refractivity contribution in [1.82, 2.24) is 0 Å². The topological polar surface area (TPSA) is 43.4 Å². The Balaban J connectivity index is 3.39. The van der Waals surface area contributed by atoms with Gasteiger partial charge in [-0.05, 0) is 0 Å². The molecule has 0 aliphatic carbocycles. The summed E-state index contributed by atoms with van der Waals surface area (Å²) in [6.45, 7) is 4.49. The smallest absolute Gasteiger partial charge is 0.303 e. The molecular weight excluding hydrogens is 132 g/mol. The van der Waals surface area contributed by atoms with Crippen LogP contribution in [0.15, 0.2) is 12.7 Å². The lowest BCUT2D eigenvalue weighted by Crippen LogP contribution is -2.10. The third-order valence-electron chi connectivity index (χ3n) is 0.808. The molecule has 0 aliphatic heterocycles. The lowest BCUT2D eigenvalue weighted by atomic mass is 10.3. The van der Waals surface area contributed by atoms with Crippen molar-refractivity contribution in [2.75, 3.05) is 6.61 Å². The molecule has 0 saturated carbocycles. The molecule has 0 aromatic heterocycles. The number of ketones is 1. The van der Waals surface area contributed by atoms with E-state index < -0.39 is 5.97 Å². The maximum atomic E-state index is 10.6. The summed E-state index contributed by atoms with van der Waals surface area (Å²) in [5.74, 6) is -0.567. The summed E-state index contributed by atoms with van der Waals surface area (Å²) < 4.78 is 4.42. The van der Waals surface area contributed by atoms with Crippen LogP contribution >= 0.6 is 0 Å². The van der Waals surface area contributed by atoms with Crippen LogP contribution in [-0.2, 0) is 14.3 Å². The number of Topliss-reactive ketones (excluding diaryl/α,β-unsaturated/α-hetero) is 1. The van der Waals surface area contributed by atoms with Gasteiger partial charge in [-0.2, -0.15) is 0 Å². The number of hydrogen-bond acceptors (Lipinski definition) is 3. The van der Waals surface area contributed by atoms with Crippen LogP contribution in [0.1, 0.15) is 13.3 Å². The fourth-order valence-corrected chi connectivity index (χ4v) is 0.402. The summed E-state index contributed by atoms with van der Waals surface area (Å²) in [6.07, 6.45) is 1.74. The van der Waals surface area contributed by atoms with E-state index in [1.54, 1.807) is 0 Å². The van der Waals surface area contributed by atoms with Gasteiger partial charge in [0.1, 0.15) is 6.61 Å². The minimum Gasteiger partial charge on any atom is -0.458 e. The summed E-state index contributed by atoms with van der Waals surface area (Å²) >= 11 is 0. The molecule has 0 spiro atoms. The average Bonchev–Trinajstić information content (AvgIpc) is 1.85. The number of hydrogen-bond donors (Lipinski definition) is 0. The predicted molar refractivity (Wildman–Crippen MR) is 36.5 cm³/mol. The molecule has 3 nitrogen and oxygen atoms in total. The quantitative estimate of drug-likeness (QED) is 0.428. The van der Waals surface area contributed by atoms with E-state index in [1.165, 1.54) is 13.0 Å². The largest absolute Gasteiger partial charge is 0.458 e. The maximum Gasteiger partial charge on any atom is 0.303 e. The lowest BCUT2D eigenvalue weighted by Gasteiger charge is -1.96. The molecule has 0 radical (unpaired) electrons. The van der Waals surface area contributed by atoms with Crippen molar-refractivity contribution in [3.05, 3.63) is 12.7 Å². The number of esters is 1. The van der Waals surface area contributed by atoms with Crippen LogP contribution in [0.25, 0.3) is 0 Å². The van der Waals surface area contributed by atoms with E-state index in [-0.39, 0.29) is 18.8 Å². The molecule has 3 heteroatoms. The summed E-state index contributed by atoms with van der Waals surface area (Å²) in [4.78, 5) is 20.8. The van der Waals surface area contributed by atoms with Crippen molar-refractivity contribution < 1.29 is 14.3 Å². The van der Waals surface area contributed by atoms with Gasteiger partial charge in [0.15, 0.2) is 5.78 Å². The van der Waals surface area contributed by atoms with Crippen molar-refractivity contribution in [1.29, 1.82) is 0 Å². The summed E-state index contributed by atoms with van der Waals surface area (Å²) in [7, 11) is 0. The number of carbonyl (C=O) groups excluding carboxylic acids is 2. The van der Waals surface area contributed by atoms with E-state index in [0.717, 1.165) is 0 Å². The second-order valence-corrected chi connectivity index (χ2v) is 1.81. The number of carbonyl (C=O) groups is 2. The van der Waals surface area contributed by atoms with Gasteiger partial charge in [-0.3, -0.25) is 9.59 Å². The Labute approximate surface area is 59.7 Å². The van der Waals surface area contributed by atoms with Crippen molar-refractivity contribution in [3.63, 3.8) is 0 Å². The fourth-order valence-electron chi connectivity index (χ4n) is 0.402. The van der Waals surface area contributed by atoms with Crippen LogP contribution in [0.5, 0.6) is 0 Å². The van der Waals surface area contributed by atoms with Crippen molar-refractivity contribution in [2.24, 2.45) is 0 Å². The van der Waals surface area contributed by atoms with Gasteiger partial charge in [0.2, 0.25) is 0 Å². The SMILES string of the molecule is C=CCC(=O)COC(C)=O. The van der Waals surface area contributed by atoms with E-state index in [9.17, 15) is 9.59 Å². The molecule has 0 aromatic carbocycles. The van der Waals surface area contributed by atoms with E-state index in [1.807, 2.05) is 0 Å². The van der Waals surface area contributed by atoms with Gasteiger partial charge in [0.25, 0.3) is 0 Å². The molecule has 56 valence electrons. The standard InChI is InChI=1S/C7H10O3/c1-3-4-7(9)5-10-6(2)8/h3H,1,4-5H2,2H3. The zero-order valence-corrected chi connectivity index (χ0v) is 5.92. The first-order valence-corrected chi connectivity index (χ1v) is 2.92. The van der Waals surface area contributed by atoms with Crippen molar-refractivity contribution in [2.45, 2.75) is 13.3 Å². The monoisotopic (exact) mass is 142 g/mol. The van der Waals surface area contributed by atoms with Gasteiger partial charge < -0.3 is 4.74 Å². The van der Waals surface area contributed by atoms with Gasteiger partial charge in [-0.15, -0.1) is 6.58 Å². The second kappa shape index (κ2) is 4.73. The molecule has 0 unspecified atom stereocenters. The third-order valence-corrected chi connectivity index (χ3v) is 0.808. The Morgan fingerprint density at radius 3 is 2.60 bits per heavy atom. The lowest BCUT2D eigenvalue weighted by molar-refractivity contribution is -0.145. The van der Waals surface area contributed by atoms with Gasteiger partial charge in [0, 0.05) is 13.3 Å². The van der Waals surface area contributed by atoms with Crippen LogP contribution in [-0.4, -0.2) is 18.4 Å². The zero-order chi connectivity index (χ0) is 7.98. The van der Waals surface area contributed by atoms with Crippen LogP contribution in [0.3, 0.4) is 0 Å². The Kier molecular flexibility index (Phi) is 4.20. The molecule has 0 saturated heterocycles. The number of ether oxygens (including phenoxy) is 1. The minimum absolute atomic E-state index is 0.134. The Morgan fingerprint density at radius 2 is 2.20 bits per heavy atom. The molecule has 0 aromatic rings. The van der Waals surface area contributed by atoms with E-state index in [0.29, 0.717) is 0 Å². The van der Waals surface area contributed by atoms with E-state index in [4.69, 9.17) is 0 Å². The van der Waals surface area contributed by atoms with Gasteiger partial charge >= 0.3 is 5.97 Å². The highest BCUT2D eigenvalue weighted by Crippen LogP contribution is 1.85. The molecule has 0 atom stereocenters. The second-order valence-electron chi connectivity index (χ2n) is 1.81. The van der Waals surface area contributed by atoms with Crippen LogP contribution in [0.2, 0.25) is 0 Å². The van der Waals surface area contributed by atoms with Crippen molar-refractivity contribution >= 4 is 11.8 Å². The molecule has 0 amide bonds. The molecule has 0 heterocycles. The molecule has 0 rings (SSSR count). The predicted octanol–water partition coefficient (Wildman–Crippen LogP) is 0.695. The van der Waals surface area contributed by atoms with Gasteiger partial charge in [-0.1, -0.05) is 6.08 Å². The zero-order valence-electron chi connectivity index (χ0n) is 5.92. The molecule has 10 heavy (non-hydrogen) atoms. The Bertz CT molecular complexity index is 149. The van der Waals surface area contributed by atoms with E-state index >= 15 is 0 Å². The van der Waals surface area contributed by atoms with Crippen molar-refractivity contribution in [3.8, 4) is 0 Å². The number of allylic oxidation sites excluding steroid dienone is 1. The normalized spacial score (nSPS) is 8.50. The van der Waals surface area contributed by atoms with Crippen LogP contribution in [0.4, 0.5) is 0 Å². The molecule has 0 fully saturated rings. The van der Waals surface area contributed by atoms with Crippen LogP contribution in [0, 0.1) is 0 Å². The first kappa shape index (κ1) is 8.88. The summed E-state index contributed by atoms with van der Waals surface area (Å²) in [5.41, 5.74) is 0. The first-order valence-electron chi connectivity index (χ1n) is 2.92. The number of rotatable bonds is 4. The third kappa shape index (κ3) is 5.03. The Morgan fingerprint density at radius 1 is 1.60 bits per heavy atom. The van der Waals surface area contributed by atoms with Gasteiger partial charge in [0.05, 0.1) is 0 Å². The first-order chi connectivity index (χ1) is 4.66. The maximum absolute atomic E-state index is 10.6. The molecule has 0 bridgehead atoms. The minimum atomic E-state index is -0.433. The molecule has 0 N–H and O–H groups in total. The highest BCUT2D eigenvalue weighted by Gasteiger charge is 1.99. The van der Waals surface area contributed by atoms with E-state index in [2.05, 4.69) is 11.3 Å². The van der Waals surface area contributed by atoms with Crippen LogP contribution < -0.4 is 0 Å².